The SMILES string of the molecule is O=S(=O)(CC1CC1)N1CCC[C@H](Nc2ncccc2-c2cnc3[nH]ccc3n2)C1. The Bertz CT molecular complexity index is 1120. The maximum atomic E-state index is 12.7. The number of pyridine rings is 1. The zero-order chi connectivity index (χ0) is 19.8. The van der Waals surface area contributed by atoms with Gasteiger partial charge in [-0.1, -0.05) is 0 Å². The third-order valence-electron chi connectivity index (χ3n) is 5.61. The van der Waals surface area contributed by atoms with Crippen molar-refractivity contribution >= 4 is 27.0 Å². The minimum Gasteiger partial charge on any atom is -0.365 e. The van der Waals surface area contributed by atoms with Gasteiger partial charge in [0.05, 0.1) is 17.6 Å². The molecule has 1 aliphatic heterocycles. The number of nitrogens with zero attached hydrogens (tertiary/aromatic N) is 4. The summed E-state index contributed by atoms with van der Waals surface area (Å²) in [5.74, 6) is 1.36. The molecule has 3 aromatic heterocycles. The van der Waals surface area contributed by atoms with E-state index in [1.807, 2.05) is 24.4 Å². The number of piperidine rings is 1. The number of H-pyrrole nitrogens is 1. The molecule has 1 atom stereocenters. The molecule has 2 aliphatic rings. The molecule has 1 saturated heterocycles. The third kappa shape index (κ3) is 3.97. The first kappa shape index (κ1) is 18.5. The van der Waals surface area contributed by atoms with Gasteiger partial charge in [-0.2, -0.15) is 4.31 Å². The number of anilines is 1. The molecule has 2 fully saturated rings. The van der Waals surface area contributed by atoms with Crippen LogP contribution in [-0.4, -0.2) is 57.5 Å². The summed E-state index contributed by atoms with van der Waals surface area (Å²) < 4.78 is 27.0. The maximum Gasteiger partial charge on any atom is 0.214 e. The van der Waals surface area contributed by atoms with Gasteiger partial charge >= 0.3 is 0 Å². The predicted molar refractivity (Wildman–Crippen MR) is 112 cm³/mol. The van der Waals surface area contributed by atoms with Gasteiger partial charge in [0.15, 0.2) is 5.65 Å². The molecule has 0 bridgehead atoms. The summed E-state index contributed by atoms with van der Waals surface area (Å²) in [6.07, 6.45) is 9.12. The van der Waals surface area contributed by atoms with Gasteiger partial charge in [0.1, 0.15) is 11.3 Å². The highest BCUT2D eigenvalue weighted by atomic mass is 32.2. The first-order valence-corrected chi connectivity index (χ1v) is 11.7. The summed E-state index contributed by atoms with van der Waals surface area (Å²) in [6, 6.07) is 5.74. The monoisotopic (exact) mass is 412 g/mol. The van der Waals surface area contributed by atoms with Crippen LogP contribution in [0.2, 0.25) is 0 Å². The van der Waals surface area contributed by atoms with Crippen molar-refractivity contribution in [1.82, 2.24) is 24.2 Å². The number of nitrogens with one attached hydrogen (secondary N) is 2. The summed E-state index contributed by atoms with van der Waals surface area (Å²) >= 11 is 0. The fourth-order valence-corrected chi connectivity index (χ4v) is 5.84. The van der Waals surface area contributed by atoms with Crippen LogP contribution in [0.5, 0.6) is 0 Å². The van der Waals surface area contributed by atoms with Crippen LogP contribution in [0.4, 0.5) is 5.82 Å². The Morgan fingerprint density at radius 2 is 2.10 bits per heavy atom. The molecule has 0 amide bonds. The van der Waals surface area contributed by atoms with Gasteiger partial charge in [-0.15, -0.1) is 0 Å². The number of aromatic amines is 1. The molecule has 29 heavy (non-hydrogen) atoms. The van der Waals surface area contributed by atoms with Crippen molar-refractivity contribution in [2.45, 2.75) is 31.7 Å². The maximum absolute atomic E-state index is 12.7. The molecule has 0 aromatic carbocycles. The molecule has 0 spiro atoms. The highest BCUT2D eigenvalue weighted by molar-refractivity contribution is 7.89. The fourth-order valence-electron chi connectivity index (χ4n) is 3.88. The first-order valence-electron chi connectivity index (χ1n) is 10.1. The number of fused-ring (bicyclic) bond motifs is 1. The second kappa shape index (κ2) is 7.38. The Labute approximate surface area is 169 Å². The van der Waals surface area contributed by atoms with Crippen molar-refractivity contribution in [2.24, 2.45) is 5.92 Å². The molecule has 1 saturated carbocycles. The zero-order valence-corrected chi connectivity index (χ0v) is 16.9. The minimum atomic E-state index is -3.18. The molecule has 0 radical (unpaired) electrons. The van der Waals surface area contributed by atoms with E-state index in [2.05, 4.69) is 25.3 Å². The van der Waals surface area contributed by atoms with E-state index in [1.165, 1.54) is 0 Å². The van der Waals surface area contributed by atoms with Gasteiger partial charge in [-0.25, -0.2) is 23.4 Å². The number of hydrogen-bond donors (Lipinski definition) is 2. The fraction of sp³-hybridized carbons (Fsp3) is 0.450. The van der Waals surface area contributed by atoms with Crippen molar-refractivity contribution in [3.8, 4) is 11.3 Å². The lowest BCUT2D eigenvalue weighted by molar-refractivity contribution is 0.326. The van der Waals surface area contributed by atoms with Crippen molar-refractivity contribution in [3.63, 3.8) is 0 Å². The van der Waals surface area contributed by atoms with Crippen LogP contribution >= 0.6 is 0 Å². The zero-order valence-electron chi connectivity index (χ0n) is 16.1. The summed E-state index contributed by atoms with van der Waals surface area (Å²) in [7, 11) is -3.18. The molecule has 152 valence electrons. The van der Waals surface area contributed by atoms with Gasteiger partial charge in [0.25, 0.3) is 0 Å². The molecule has 3 aromatic rings. The quantitative estimate of drug-likeness (QED) is 0.645. The van der Waals surface area contributed by atoms with Gasteiger partial charge in [-0.05, 0) is 49.8 Å². The Morgan fingerprint density at radius 3 is 2.97 bits per heavy atom. The molecule has 2 N–H and O–H groups in total. The number of sulfonamides is 1. The highest BCUT2D eigenvalue weighted by Crippen LogP contribution is 2.32. The van der Waals surface area contributed by atoms with E-state index < -0.39 is 10.0 Å². The standard InChI is InChI=1S/C20H24N6O2S/c27-29(28,13-14-5-6-14)26-10-2-3-15(12-26)24-19-16(4-1-8-21-19)18-11-23-20-17(25-18)7-9-22-20/h1,4,7-9,11,14-15H,2-3,5-6,10,12-13H2,(H,21,24)(H,22,23)/t15-/m0/s1. The average molecular weight is 413 g/mol. The Kier molecular flexibility index (Phi) is 4.71. The lowest BCUT2D eigenvalue weighted by atomic mass is 10.1. The van der Waals surface area contributed by atoms with Crippen LogP contribution in [0.1, 0.15) is 25.7 Å². The van der Waals surface area contributed by atoms with Crippen molar-refractivity contribution < 1.29 is 8.42 Å². The van der Waals surface area contributed by atoms with E-state index in [0.29, 0.717) is 30.6 Å². The Hall–Kier alpha value is -2.52. The predicted octanol–water partition coefficient (Wildman–Crippen LogP) is 2.64. The van der Waals surface area contributed by atoms with E-state index in [1.54, 1.807) is 16.7 Å². The smallest absolute Gasteiger partial charge is 0.214 e. The normalized spacial score (nSPS) is 20.8. The van der Waals surface area contributed by atoms with Gasteiger partial charge < -0.3 is 10.3 Å². The first-order chi connectivity index (χ1) is 14.1. The van der Waals surface area contributed by atoms with E-state index >= 15 is 0 Å². The van der Waals surface area contributed by atoms with E-state index in [9.17, 15) is 8.42 Å². The number of rotatable bonds is 6. The van der Waals surface area contributed by atoms with Crippen molar-refractivity contribution in [1.29, 1.82) is 0 Å². The second-order valence-corrected chi connectivity index (χ2v) is 9.94. The summed E-state index contributed by atoms with van der Waals surface area (Å²) in [5.41, 5.74) is 3.14. The number of hydrogen-bond acceptors (Lipinski definition) is 6. The average Bonchev–Trinajstić information content (AvgIpc) is 3.40. The molecular weight excluding hydrogens is 388 g/mol. The van der Waals surface area contributed by atoms with Crippen LogP contribution in [-0.2, 0) is 10.0 Å². The van der Waals surface area contributed by atoms with E-state index in [-0.39, 0.29) is 6.04 Å². The number of aromatic nitrogens is 4. The van der Waals surface area contributed by atoms with Crippen LogP contribution in [0.15, 0.2) is 36.8 Å². The topological polar surface area (TPSA) is 104 Å². The Balaban J connectivity index is 1.36. The van der Waals surface area contributed by atoms with Crippen LogP contribution in [0.25, 0.3) is 22.4 Å². The van der Waals surface area contributed by atoms with Gasteiger partial charge in [-0.3, -0.25) is 0 Å². The van der Waals surface area contributed by atoms with E-state index in [4.69, 9.17) is 0 Å². The van der Waals surface area contributed by atoms with Crippen LogP contribution in [0.3, 0.4) is 0 Å². The van der Waals surface area contributed by atoms with Crippen molar-refractivity contribution in [3.05, 3.63) is 36.8 Å². The molecule has 1 aliphatic carbocycles. The van der Waals surface area contributed by atoms with Crippen LogP contribution < -0.4 is 5.32 Å². The van der Waals surface area contributed by atoms with Gasteiger partial charge in [0, 0.05) is 37.1 Å². The third-order valence-corrected chi connectivity index (χ3v) is 7.62. The van der Waals surface area contributed by atoms with Gasteiger partial charge in [0.2, 0.25) is 10.0 Å². The largest absolute Gasteiger partial charge is 0.365 e. The summed E-state index contributed by atoms with van der Waals surface area (Å²) in [5, 5.41) is 3.47. The minimum absolute atomic E-state index is 0.0235. The molecule has 8 nitrogen and oxygen atoms in total. The molecular formula is C20H24N6O2S. The molecule has 5 rings (SSSR count). The van der Waals surface area contributed by atoms with Crippen molar-refractivity contribution in [2.75, 3.05) is 24.2 Å². The van der Waals surface area contributed by atoms with E-state index in [0.717, 1.165) is 48.1 Å². The summed E-state index contributed by atoms with van der Waals surface area (Å²) in [4.78, 5) is 16.7. The molecule has 0 unspecified atom stereocenters. The Morgan fingerprint density at radius 1 is 1.21 bits per heavy atom. The second-order valence-electron chi connectivity index (χ2n) is 7.93. The van der Waals surface area contributed by atoms with Crippen LogP contribution in [0, 0.1) is 5.92 Å². The lowest BCUT2D eigenvalue weighted by Gasteiger charge is -2.33. The lowest BCUT2D eigenvalue weighted by Crippen LogP contribution is -2.46. The molecule has 4 heterocycles. The molecule has 9 heteroatoms. The summed E-state index contributed by atoms with van der Waals surface area (Å²) in [6.45, 7) is 1.09. The highest BCUT2D eigenvalue weighted by Gasteiger charge is 2.34.